The van der Waals surface area contributed by atoms with Gasteiger partial charge in [-0.15, -0.1) is 0 Å². The van der Waals surface area contributed by atoms with Gasteiger partial charge in [-0.25, -0.2) is 0 Å². The van der Waals surface area contributed by atoms with Crippen molar-refractivity contribution in [3.63, 3.8) is 0 Å². The zero-order chi connectivity index (χ0) is 15.6. The van der Waals surface area contributed by atoms with Crippen LogP contribution in [0.15, 0.2) is 18.2 Å². The molecule has 1 saturated heterocycles. The van der Waals surface area contributed by atoms with Crippen LogP contribution >= 0.6 is 0 Å². The molecule has 124 valence electrons. The predicted molar refractivity (Wildman–Crippen MR) is 86.9 cm³/mol. The van der Waals surface area contributed by atoms with Crippen molar-refractivity contribution in [2.24, 2.45) is 0 Å². The Morgan fingerprint density at radius 3 is 2.48 bits per heavy atom. The lowest BCUT2D eigenvalue weighted by molar-refractivity contribution is 0.0523. The van der Waals surface area contributed by atoms with E-state index in [1.807, 2.05) is 17.0 Å². The Kier molecular flexibility index (Phi) is 4.12. The number of nitrogens with zero attached hydrogens (tertiary/aromatic N) is 2. The Morgan fingerprint density at radius 2 is 1.70 bits per heavy atom. The van der Waals surface area contributed by atoms with E-state index in [1.54, 1.807) is 6.07 Å². The second-order valence-electron chi connectivity index (χ2n) is 6.69. The van der Waals surface area contributed by atoms with Crippen molar-refractivity contribution in [1.29, 1.82) is 0 Å². The number of fused-ring (bicyclic) bond motifs is 1. The van der Waals surface area contributed by atoms with Gasteiger partial charge in [-0.1, -0.05) is 19.3 Å². The Morgan fingerprint density at radius 1 is 0.957 bits per heavy atom. The molecule has 1 aromatic carbocycles. The van der Waals surface area contributed by atoms with E-state index in [4.69, 9.17) is 9.47 Å². The highest BCUT2D eigenvalue weighted by molar-refractivity contribution is 5.95. The van der Waals surface area contributed by atoms with E-state index in [0.717, 1.165) is 38.0 Å². The number of piperazine rings is 1. The van der Waals surface area contributed by atoms with Crippen molar-refractivity contribution < 1.29 is 14.3 Å². The summed E-state index contributed by atoms with van der Waals surface area (Å²) in [4.78, 5) is 17.2. The number of hydrogen-bond donors (Lipinski definition) is 0. The van der Waals surface area contributed by atoms with Crippen molar-refractivity contribution in [3.05, 3.63) is 23.8 Å². The first-order chi connectivity index (χ1) is 11.3. The van der Waals surface area contributed by atoms with E-state index in [9.17, 15) is 4.79 Å². The fourth-order valence-corrected chi connectivity index (χ4v) is 3.95. The third kappa shape index (κ3) is 3.02. The van der Waals surface area contributed by atoms with Crippen molar-refractivity contribution in [2.75, 3.05) is 33.0 Å². The molecule has 1 aromatic rings. The summed E-state index contributed by atoms with van der Waals surface area (Å²) < 4.78 is 10.7. The van der Waals surface area contributed by atoms with Gasteiger partial charge in [-0.05, 0) is 31.0 Å². The number of hydrogen-bond acceptors (Lipinski definition) is 4. The van der Waals surface area contributed by atoms with Crippen LogP contribution in [-0.2, 0) is 0 Å². The Bertz CT molecular complexity index is 576. The summed E-state index contributed by atoms with van der Waals surface area (Å²) in [5, 5.41) is 0. The molecule has 0 atom stereocenters. The normalized spacial score (nSPS) is 22.3. The number of ether oxygens (including phenoxy) is 2. The molecular weight excluding hydrogens is 292 g/mol. The van der Waals surface area contributed by atoms with Crippen molar-refractivity contribution in [2.45, 2.75) is 38.1 Å². The predicted octanol–water partition coefficient (Wildman–Crippen LogP) is 2.51. The van der Waals surface area contributed by atoms with E-state index in [-0.39, 0.29) is 12.7 Å². The first kappa shape index (κ1) is 14.8. The molecule has 0 aromatic heterocycles. The smallest absolute Gasteiger partial charge is 0.254 e. The number of carbonyl (C=O) groups is 1. The van der Waals surface area contributed by atoms with Crippen LogP contribution in [0, 0.1) is 0 Å². The molecule has 0 N–H and O–H groups in total. The summed E-state index contributed by atoms with van der Waals surface area (Å²) in [5.74, 6) is 1.51. The quantitative estimate of drug-likeness (QED) is 0.841. The molecule has 4 rings (SSSR count). The molecule has 0 radical (unpaired) electrons. The highest BCUT2D eigenvalue weighted by atomic mass is 16.7. The van der Waals surface area contributed by atoms with Crippen molar-refractivity contribution >= 4 is 5.91 Å². The molecule has 23 heavy (non-hydrogen) atoms. The van der Waals surface area contributed by atoms with Crippen LogP contribution in [0.3, 0.4) is 0 Å². The molecule has 0 spiro atoms. The van der Waals surface area contributed by atoms with Gasteiger partial charge in [-0.3, -0.25) is 9.69 Å². The largest absolute Gasteiger partial charge is 0.454 e. The molecule has 0 bridgehead atoms. The monoisotopic (exact) mass is 316 g/mol. The number of carbonyl (C=O) groups excluding carboxylic acids is 1. The van der Waals surface area contributed by atoms with E-state index in [1.165, 1.54) is 32.1 Å². The zero-order valence-electron chi connectivity index (χ0n) is 13.5. The minimum Gasteiger partial charge on any atom is -0.454 e. The lowest BCUT2D eigenvalue weighted by atomic mass is 9.94. The molecule has 2 heterocycles. The van der Waals surface area contributed by atoms with Gasteiger partial charge in [0.1, 0.15) is 0 Å². The minimum atomic E-state index is 0.103. The average Bonchev–Trinajstić information content (AvgIpc) is 3.10. The SMILES string of the molecule is O=C(c1ccc2c(c1)OCO2)N1CCN(C2CCCCC2)CC1. The van der Waals surface area contributed by atoms with Gasteiger partial charge in [-0.2, -0.15) is 0 Å². The van der Waals surface area contributed by atoms with Crippen molar-refractivity contribution in [3.8, 4) is 11.5 Å². The van der Waals surface area contributed by atoms with Crippen LogP contribution in [0.5, 0.6) is 11.5 Å². The third-order valence-corrected chi connectivity index (χ3v) is 5.31. The Balaban J connectivity index is 1.37. The van der Waals surface area contributed by atoms with Gasteiger partial charge in [0.2, 0.25) is 6.79 Å². The Labute approximate surface area is 137 Å². The Hall–Kier alpha value is -1.75. The molecule has 2 fully saturated rings. The molecule has 1 aliphatic carbocycles. The molecule has 0 unspecified atom stereocenters. The molecule has 5 nitrogen and oxygen atoms in total. The minimum absolute atomic E-state index is 0.103. The van der Waals surface area contributed by atoms with E-state index < -0.39 is 0 Å². The number of rotatable bonds is 2. The molecule has 1 amide bonds. The van der Waals surface area contributed by atoms with Crippen LogP contribution in [-0.4, -0.2) is 54.7 Å². The van der Waals surface area contributed by atoms with E-state index >= 15 is 0 Å². The zero-order valence-corrected chi connectivity index (χ0v) is 13.5. The molecule has 3 aliphatic rings. The maximum Gasteiger partial charge on any atom is 0.254 e. The van der Waals surface area contributed by atoms with Gasteiger partial charge in [0.05, 0.1) is 0 Å². The van der Waals surface area contributed by atoms with Gasteiger partial charge in [0.25, 0.3) is 5.91 Å². The van der Waals surface area contributed by atoms with Crippen LogP contribution in [0.1, 0.15) is 42.5 Å². The first-order valence-corrected chi connectivity index (χ1v) is 8.74. The van der Waals surface area contributed by atoms with Crippen LogP contribution in [0.25, 0.3) is 0 Å². The molecule has 5 heteroatoms. The maximum absolute atomic E-state index is 12.7. The van der Waals surface area contributed by atoms with Crippen LogP contribution < -0.4 is 9.47 Å². The summed E-state index contributed by atoms with van der Waals surface area (Å²) in [6.45, 7) is 3.89. The number of benzene rings is 1. The van der Waals surface area contributed by atoms with E-state index in [2.05, 4.69) is 4.90 Å². The maximum atomic E-state index is 12.7. The summed E-state index contributed by atoms with van der Waals surface area (Å²) in [6, 6.07) is 6.21. The van der Waals surface area contributed by atoms with Crippen LogP contribution in [0.2, 0.25) is 0 Å². The van der Waals surface area contributed by atoms with Crippen molar-refractivity contribution in [1.82, 2.24) is 9.80 Å². The molecule has 2 aliphatic heterocycles. The standard InChI is InChI=1S/C18H24N2O3/c21-18(14-6-7-16-17(12-14)23-13-22-16)20-10-8-19(9-11-20)15-4-2-1-3-5-15/h6-7,12,15H,1-5,8-11,13H2. The molecular formula is C18H24N2O3. The summed E-state index contributed by atoms with van der Waals surface area (Å²) >= 11 is 0. The second kappa shape index (κ2) is 6.40. The van der Waals surface area contributed by atoms with Gasteiger partial charge in [0, 0.05) is 37.8 Å². The summed E-state index contributed by atoms with van der Waals surface area (Å²) in [6.07, 6.45) is 6.77. The first-order valence-electron chi connectivity index (χ1n) is 8.74. The van der Waals surface area contributed by atoms with E-state index in [0.29, 0.717) is 11.3 Å². The van der Waals surface area contributed by atoms with Gasteiger partial charge >= 0.3 is 0 Å². The topological polar surface area (TPSA) is 42.0 Å². The highest BCUT2D eigenvalue weighted by Crippen LogP contribution is 2.33. The highest BCUT2D eigenvalue weighted by Gasteiger charge is 2.28. The third-order valence-electron chi connectivity index (χ3n) is 5.31. The summed E-state index contributed by atoms with van der Waals surface area (Å²) in [5.41, 5.74) is 0.695. The lowest BCUT2D eigenvalue weighted by Crippen LogP contribution is -2.52. The van der Waals surface area contributed by atoms with Gasteiger partial charge < -0.3 is 14.4 Å². The second-order valence-corrected chi connectivity index (χ2v) is 6.69. The summed E-state index contributed by atoms with van der Waals surface area (Å²) in [7, 11) is 0. The van der Waals surface area contributed by atoms with Gasteiger partial charge in [0.15, 0.2) is 11.5 Å². The lowest BCUT2D eigenvalue weighted by Gasteiger charge is -2.40. The molecule has 1 saturated carbocycles. The van der Waals surface area contributed by atoms with Crippen LogP contribution in [0.4, 0.5) is 0 Å². The fraction of sp³-hybridized carbons (Fsp3) is 0.611. The fourth-order valence-electron chi connectivity index (χ4n) is 3.95. The average molecular weight is 316 g/mol. The number of amides is 1.